The van der Waals surface area contributed by atoms with E-state index in [-0.39, 0.29) is 22.4 Å². The first-order valence-electron chi connectivity index (χ1n) is 9.79. The number of aromatic nitrogens is 3. The van der Waals surface area contributed by atoms with Crippen LogP contribution in [0, 0.1) is 6.92 Å². The first-order chi connectivity index (χ1) is 16.0. The van der Waals surface area contributed by atoms with Crippen molar-refractivity contribution < 1.29 is 22.8 Å². The van der Waals surface area contributed by atoms with Gasteiger partial charge in [-0.3, -0.25) is 19.7 Å². The third kappa shape index (κ3) is 4.81. The minimum atomic E-state index is -4.56. The van der Waals surface area contributed by atoms with Gasteiger partial charge >= 0.3 is 6.18 Å². The second-order valence-corrected chi connectivity index (χ2v) is 8.33. The van der Waals surface area contributed by atoms with Crippen LogP contribution in [0.5, 0.6) is 0 Å². The number of carbonyl (C=O) groups excluding carboxylic acids is 2. The Morgan fingerprint density at radius 3 is 2.53 bits per heavy atom. The van der Waals surface area contributed by atoms with Gasteiger partial charge in [-0.05, 0) is 43.3 Å². The number of alkyl halides is 3. The molecule has 0 aliphatic heterocycles. The first-order valence-corrected chi connectivity index (χ1v) is 10.6. The van der Waals surface area contributed by atoms with Gasteiger partial charge in [-0.25, -0.2) is 9.67 Å². The Balaban J connectivity index is 1.65. The lowest BCUT2D eigenvalue weighted by atomic mass is 10.2. The van der Waals surface area contributed by atoms with Crippen molar-refractivity contribution in [2.75, 3.05) is 10.6 Å². The molecule has 174 valence electrons. The smallest absolute Gasteiger partial charge is 0.326 e. The normalized spacial score (nSPS) is 11.4. The van der Waals surface area contributed by atoms with E-state index in [4.69, 9.17) is 0 Å². The molecule has 0 radical (unpaired) electrons. The minimum absolute atomic E-state index is 0.0480. The number of hydrogen-bond acceptors (Lipinski definition) is 6. The van der Waals surface area contributed by atoms with Crippen LogP contribution in [-0.4, -0.2) is 26.6 Å². The van der Waals surface area contributed by atoms with Gasteiger partial charge in [0.2, 0.25) is 11.3 Å². The molecule has 2 aromatic carbocycles. The summed E-state index contributed by atoms with van der Waals surface area (Å²) in [6.07, 6.45) is -4.56. The molecule has 4 rings (SSSR count). The van der Waals surface area contributed by atoms with Crippen molar-refractivity contribution in [1.82, 2.24) is 14.8 Å². The summed E-state index contributed by atoms with van der Waals surface area (Å²) in [5.41, 5.74) is -0.644. The Morgan fingerprint density at radius 1 is 1.06 bits per heavy atom. The average molecular weight is 487 g/mol. The summed E-state index contributed by atoms with van der Waals surface area (Å²) >= 11 is 1.12. The van der Waals surface area contributed by atoms with E-state index < -0.39 is 28.8 Å². The molecule has 12 heteroatoms. The summed E-state index contributed by atoms with van der Waals surface area (Å²) in [4.78, 5) is 40.7. The molecule has 0 atom stereocenters. The maximum Gasteiger partial charge on any atom is 0.416 e. The summed E-state index contributed by atoms with van der Waals surface area (Å²) in [6, 6.07) is 10.5. The van der Waals surface area contributed by atoms with Gasteiger partial charge in [-0.2, -0.15) is 18.3 Å². The van der Waals surface area contributed by atoms with Crippen molar-refractivity contribution in [3.05, 3.63) is 75.7 Å². The Hall–Kier alpha value is -4.06. The van der Waals surface area contributed by atoms with Crippen LogP contribution >= 0.6 is 11.3 Å². The van der Waals surface area contributed by atoms with Crippen LogP contribution < -0.4 is 16.1 Å². The number of halogens is 3. The quantitative estimate of drug-likeness (QED) is 0.445. The molecule has 2 aromatic heterocycles. The van der Waals surface area contributed by atoms with Crippen molar-refractivity contribution >= 4 is 44.2 Å². The molecule has 4 aromatic rings. The zero-order chi connectivity index (χ0) is 24.6. The number of benzene rings is 2. The topological polar surface area (TPSA) is 106 Å². The number of carbonyl (C=O) groups is 2. The molecule has 0 fully saturated rings. The van der Waals surface area contributed by atoms with Crippen LogP contribution in [0.25, 0.3) is 15.9 Å². The predicted octanol–water partition coefficient (Wildman–Crippen LogP) is 4.38. The standard InChI is InChI=1S/C22H16F3N5O3S/c1-11-8-17(32)19(29-30(11)15-5-3-4-13(9-15)22(23,24)25)20(33)28-21-27-16-7-6-14(26-12(2)31)10-18(16)34-21/h3-10H,1-2H3,(H,26,31)(H,27,28,33). The molecule has 0 aliphatic carbocycles. The van der Waals surface area contributed by atoms with Crippen molar-refractivity contribution in [2.24, 2.45) is 0 Å². The van der Waals surface area contributed by atoms with E-state index in [1.54, 1.807) is 18.2 Å². The molecule has 2 amide bonds. The van der Waals surface area contributed by atoms with Crippen LogP contribution in [0.15, 0.2) is 53.3 Å². The largest absolute Gasteiger partial charge is 0.416 e. The van der Waals surface area contributed by atoms with Crippen LogP contribution in [-0.2, 0) is 11.0 Å². The predicted molar refractivity (Wildman–Crippen MR) is 121 cm³/mol. The van der Waals surface area contributed by atoms with Gasteiger partial charge < -0.3 is 5.32 Å². The van der Waals surface area contributed by atoms with Crippen molar-refractivity contribution in [3.8, 4) is 5.69 Å². The number of rotatable bonds is 4. The van der Waals surface area contributed by atoms with Crippen molar-refractivity contribution in [2.45, 2.75) is 20.0 Å². The van der Waals surface area contributed by atoms with Crippen molar-refractivity contribution in [1.29, 1.82) is 0 Å². The lowest BCUT2D eigenvalue weighted by Crippen LogP contribution is -2.27. The Morgan fingerprint density at radius 2 is 1.82 bits per heavy atom. The molecule has 0 saturated carbocycles. The van der Waals surface area contributed by atoms with E-state index in [1.165, 1.54) is 26.0 Å². The Kier molecular flexibility index (Phi) is 5.92. The monoisotopic (exact) mass is 487 g/mol. The Bertz CT molecular complexity index is 1490. The highest BCUT2D eigenvalue weighted by Gasteiger charge is 2.30. The van der Waals surface area contributed by atoms with Crippen molar-refractivity contribution in [3.63, 3.8) is 0 Å². The van der Waals surface area contributed by atoms with E-state index in [0.717, 1.165) is 34.2 Å². The first kappa shape index (κ1) is 23.1. The average Bonchev–Trinajstić information content (AvgIpc) is 3.14. The van der Waals surface area contributed by atoms with E-state index in [1.807, 2.05) is 0 Å². The summed E-state index contributed by atoms with van der Waals surface area (Å²) in [5.74, 6) is -1.09. The van der Waals surface area contributed by atoms with E-state index in [9.17, 15) is 27.6 Å². The molecular formula is C22H16F3N5O3S. The van der Waals surface area contributed by atoms with Crippen LogP contribution in [0.3, 0.4) is 0 Å². The summed E-state index contributed by atoms with van der Waals surface area (Å²) in [7, 11) is 0. The third-order valence-electron chi connectivity index (χ3n) is 4.67. The number of nitrogens with zero attached hydrogens (tertiary/aromatic N) is 3. The number of aryl methyl sites for hydroxylation is 1. The molecule has 0 bridgehead atoms. The molecule has 0 aliphatic rings. The third-order valence-corrected chi connectivity index (χ3v) is 5.60. The fraction of sp³-hybridized carbons (Fsp3) is 0.136. The number of anilines is 2. The molecule has 0 saturated heterocycles. The molecule has 2 N–H and O–H groups in total. The maximum atomic E-state index is 13.1. The van der Waals surface area contributed by atoms with Gasteiger partial charge in [0.15, 0.2) is 10.8 Å². The van der Waals surface area contributed by atoms with Crippen LogP contribution in [0.4, 0.5) is 24.0 Å². The van der Waals surface area contributed by atoms with Gasteiger partial charge in [0.1, 0.15) is 0 Å². The molecule has 0 unspecified atom stereocenters. The van der Waals surface area contributed by atoms with E-state index in [0.29, 0.717) is 15.9 Å². The van der Waals surface area contributed by atoms with Crippen LogP contribution in [0.1, 0.15) is 28.7 Å². The number of amides is 2. The summed E-state index contributed by atoms with van der Waals surface area (Å²) < 4.78 is 41.1. The SMILES string of the molecule is CC(=O)Nc1ccc2nc(NC(=O)c3nn(-c4cccc(C(F)(F)F)c4)c(C)cc3=O)sc2c1. The number of hydrogen-bond donors (Lipinski definition) is 2. The zero-order valence-electron chi connectivity index (χ0n) is 17.7. The van der Waals surface area contributed by atoms with E-state index >= 15 is 0 Å². The summed E-state index contributed by atoms with van der Waals surface area (Å²) in [6.45, 7) is 2.87. The fourth-order valence-electron chi connectivity index (χ4n) is 3.20. The number of thiazole rings is 1. The lowest BCUT2D eigenvalue weighted by Gasteiger charge is -2.13. The van der Waals surface area contributed by atoms with Gasteiger partial charge in [-0.1, -0.05) is 17.4 Å². The highest BCUT2D eigenvalue weighted by atomic mass is 32.1. The van der Waals surface area contributed by atoms with E-state index in [2.05, 4.69) is 20.7 Å². The van der Waals surface area contributed by atoms with Gasteiger partial charge in [0.05, 0.1) is 21.5 Å². The fourth-order valence-corrected chi connectivity index (χ4v) is 4.10. The lowest BCUT2D eigenvalue weighted by molar-refractivity contribution is -0.137. The minimum Gasteiger partial charge on any atom is -0.326 e. The zero-order valence-corrected chi connectivity index (χ0v) is 18.5. The second kappa shape index (κ2) is 8.71. The number of nitrogens with one attached hydrogen (secondary N) is 2. The molecule has 8 nitrogen and oxygen atoms in total. The molecule has 2 heterocycles. The maximum absolute atomic E-state index is 13.1. The molecular weight excluding hydrogens is 471 g/mol. The number of fused-ring (bicyclic) bond motifs is 1. The van der Waals surface area contributed by atoms with Gasteiger partial charge in [0, 0.05) is 24.4 Å². The van der Waals surface area contributed by atoms with Crippen LogP contribution in [0.2, 0.25) is 0 Å². The summed E-state index contributed by atoms with van der Waals surface area (Å²) in [5, 5.41) is 9.36. The van der Waals surface area contributed by atoms with Gasteiger partial charge in [-0.15, -0.1) is 0 Å². The second-order valence-electron chi connectivity index (χ2n) is 7.30. The Labute approximate surface area is 194 Å². The highest BCUT2D eigenvalue weighted by molar-refractivity contribution is 7.22. The molecule has 34 heavy (non-hydrogen) atoms. The van der Waals surface area contributed by atoms with Gasteiger partial charge in [0.25, 0.3) is 5.91 Å². The highest BCUT2D eigenvalue weighted by Crippen LogP contribution is 2.31. The molecule has 0 spiro atoms.